The summed E-state index contributed by atoms with van der Waals surface area (Å²) in [6.45, 7) is 7.25. The van der Waals surface area contributed by atoms with Crippen molar-refractivity contribution in [3.05, 3.63) is 75.3 Å². The molecule has 2 aromatic carbocycles. The number of alkyl halides is 3. The summed E-state index contributed by atoms with van der Waals surface area (Å²) in [4.78, 5) is 30.2. The van der Waals surface area contributed by atoms with Crippen molar-refractivity contribution in [3.63, 3.8) is 0 Å². The van der Waals surface area contributed by atoms with Gasteiger partial charge >= 0.3 is 12.1 Å². The molecule has 0 atom stereocenters. The zero-order valence-corrected chi connectivity index (χ0v) is 21.6. The molecule has 0 saturated carbocycles. The molecule has 1 aromatic heterocycles. The SMILES string of the molecule is CCCc1nc(-c2ccc(C(F)(F)F)cc2)sc1CCC(=O)c1ccc(C)c(CC(C)(C)C(=O)O)c1. The number of Topliss-reactive ketones (excluding diaryl/α,β-unsaturated/α-hetero) is 1. The van der Waals surface area contributed by atoms with Gasteiger partial charge in [-0.15, -0.1) is 11.3 Å². The van der Waals surface area contributed by atoms with Crippen LogP contribution >= 0.6 is 11.3 Å². The first-order chi connectivity index (χ1) is 16.8. The zero-order valence-electron chi connectivity index (χ0n) is 20.8. The van der Waals surface area contributed by atoms with Gasteiger partial charge in [0.15, 0.2) is 5.78 Å². The quantitative estimate of drug-likeness (QED) is 0.282. The molecule has 1 N–H and O–H groups in total. The van der Waals surface area contributed by atoms with E-state index in [2.05, 4.69) is 4.98 Å². The van der Waals surface area contributed by atoms with E-state index in [1.807, 2.05) is 19.9 Å². The second-order valence-corrected chi connectivity index (χ2v) is 10.7. The lowest BCUT2D eigenvalue weighted by atomic mass is 9.83. The van der Waals surface area contributed by atoms with Crippen molar-refractivity contribution in [3.8, 4) is 10.6 Å². The van der Waals surface area contributed by atoms with Gasteiger partial charge in [0, 0.05) is 22.4 Å². The van der Waals surface area contributed by atoms with Crippen LogP contribution in [0.1, 0.15) is 71.2 Å². The number of hydrogen-bond donors (Lipinski definition) is 1. The fourth-order valence-corrected chi connectivity index (χ4v) is 5.01. The van der Waals surface area contributed by atoms with Crippen molar-refractivity contribution in [2.24, 2.45) is 5.41 Å². The molecular weight excluding hydrogens is 487 g/mol. The highest BCUT2D eigenvalue weighted by Gasteiger charge is 2.30. The normalized spacial score (nSPS) is 12.1. The molecular formula is C28H30F3NO3S. The third-order valence-electron chi connectivity index (χ3n) is 6.19. The minimum Gasteiger partial charge on any atom is -0.481 e. The van der Waals surface area contributed by atoms with E-state index in [-0.39, 0.29) is 12.2 Å². The standard InChI is InChI=1S/C28H30F3NO3S/c1-5-6-22-24(36-25(32-22)18-9-11-21(12-10-18)28(29,30)31)14-13-23(33)19-8-7-17(2)20(15-19)16-27(3,4)26(34)35/h7-12,15H,5-6,13-14,16H2,1-4H3,(H,34,35). The van der Waals surface area contributed by atoms with Crippen LogP contribution in [-0.2, 0) is 30.2 Å². The van der Waals surface area contributed by atoms with E-state index in [9.17, 15) is 27.9 Å². The molecule has 0 aliphatic rings. The van der Waals surface area contributed by atoms with Gasteiger partial charge in [0.05, 0.1) is 16.7 Å². The van der Waals surface area contributed by atoms with Gasteiger partial charge in [-0.1, -0.05) is 37.6 Å². The predicted molar refractivity (Wildman–Crippen MR) is 135 cm³/mol. The number of hydrogen-bond acceptors (Lipinski definition) is 4. The molecule has 0 amide bonds. The third kappa shape index (κ3) is 6.60. The number of aryl methyl sites for hydroxylation is 3. The van der Waals surface area contributed by atoms with Crippen LogP contribution < -0.4 is 0 Å². The van der Waals surface area contributed by atoms with Crippen LogP contribution in [0, 0.1) is 12.3 Å². The molecule has 0 saturated heterocycles. The van der Waals surface area contributed by atoms with E-state index in [0.717, 1.165) is 46.7 Å². The van der Waals surface area contributed by atoms with Crippen LogP contribution in [0.25, 0.3) is 10.6 Å². The van der Waals surface area contributed by atoms with Crippen molar-refractivity contribution in [2.45, 2.75) is 66.0 Å². The zero-order chi connectivity index (χ0) is 26.7. The number of nitrogens with zero attached hydrogens (tertiary/aromatic N) is 1. The molecule has 3 aromatic rings. The van der Waals surface area contributed by atoms with Gasteiger partial charge in [-0.2, -0.15) is 13.2 Å². The van der Waals surface area contributed by atoms with Gasteiger partial charge in [0.2, 0.25) is 0 Å². The Morgan fingerprint density at radius 3 is 2.28 bits per heavy atom. The molecule has 192 valence electrons. The summed E-state index contributed by atoms with van der Waals surface area (Å²) in [7, 11) is 0. The minimum atomic E-state index is -4.39. The molecule has 1 heterocycles. The first-order valence-electron chi connectivity index (χ1n) is 11.8. The van der Waals surface area contributed by atoms with E-state index in [4.69, 9.17) is 0 Å². The van der Waals surface area contributed by atoms with Crippen molar-refractivity contribution in [1.29, 1.82) is 0 Å². The summed E-state index contributed by atoms with van der Waals surface area (Å²) in [5.41, 5.74) is 2.16. The second-order valence-electron chi connectivity index (χ2n) is 9.64. The largest absolute Gasteiger partial charge is 0.481 e. The molecule has 0 unspecified atom stereocenters. The van der Waals surface area contributed by atoms with Crippen LogP contribution in [0.4, 0.5) is 13.2 Å². The maximum absolute atomic E-state index is 13.0. The summed E-state index contributed by atoms with van der Waals surface area (Å²) >= 11 is 1.41. The molecule has 36 heavy (non-hydrogen) atoms. The number of benzene rings is 2. The maximum Gasteiger partial charge on any atom is 0.416 e. The minimum absolute atomic E-state index is 0.0451. The first kappa shape index (κ1) is 27.6. The smallest absolute Gasteiger partial charge is 0.416 e. The number of carboxylic acids is 1. The van der Waals surface area contributed by atoms with E-state index in [1.54, 1.807) is 26.0 Å². The molecule has 0 bridgehead atoms. The fourth-order valence-electron chi connectivity index (χ4n) is 3.89. The summed E-state index contributed by atoms with van der Waals surface area (Å²) in [5, 5.41) is 10.1. The number of ketones is 1. The average Bonchev–Trinajstić information content (AvgIpc) is 3.21. The second kappa shape index (κ2) is 10.9. The summed E-state index contributed by atoms with van der Waals surface area (Å²) < 4.78 is 38.7. The van der Waals surface area contributed by atoms with Crippen LogP contribution in [0.3, 0.4) is 0 Å². The number of carbonyl (C=O) groups excluding carboxylic acids is 1. The van der Waals surface area contributed by atoms with Gasteiger partial charge in [-0.3, -0.25) is 9.59 Å². The number of carbonyl (C=O) groups is 2. The van der Waals surface area contributed by atoms with E-state index < -0.39 is 23.1 Å². The summed E-state index contributed by atoms with van der Waals surface area (Å²) in [6, 6.07) is 10.4. The van der Waals surface area contributed by atoms with Crippen molar-refractivity contribution >= 4 is 23.1 Å². The van der Waals surface area contributed by atoms with E-state index in [1.165, 1.54) is 23.5 Å². The first-order valence-corrected chi connectivity index (χ1v) is 12.7. The van der Waals surface area contributed by atoms with Gasteiger partial charge in [0.1, 0.15) is 5.01 Å². The monoisotopic (exact) mass is 517 g/mol. The van der Waals surface area contributed by atoms with Crippen LogP contribution in [0.2, 0.25) is 0 Å². The van der Waals surface area contributed by atoms with Crippen LogP contribution in [0.15, 0.2) is 42.5 Å². The van der Waals surface area contributed by atoms with Crippen molar-refractivity contribution < 1.29 is 27.9 Å². The Morgan fingerprint density at radius 1 is 1.03 bits per heavy atom. The molecule has 0 aliphatic carbocycles. The lowest BCUT2D eigenvalue weighted by molar-refractivity contribution is -0.146. The number of aromatic nitrogens is 1. The number of thiazole rings is 1. The van der Waals surface area contributed by atoms with Gasteiger partial charge in [0.25, 0.3) is 0 Å². The van der Waals surface area contributed by atoms with Gasteiger partial charge in [-0.05, 0) is 69.4 Å². The topological polar surface area (TPSA) is 67.3 Å². The number of aliphatic carboxylic acids is 1. The Labute approximate surface area is 213 Å². The lowest BCUT2D eigenvalue weighted by Gasteiger charge is -2.20. The molecule has 0 radical (unpaired) electrons. The van der Waals surface area contributed by atoms with Crippen molar-refractivity contribution in [1.82, 2.24) is 4.98 Å². The van der Waals surface area contributed by atoms with Gasteiger partial charge in [-0.25, -0.2) is 4.98 Å². The Hall–Kier alpha value is -3.00. The molecule has 4 nitrogen and oxygen atoms in total. The molecule has 3 rings (SSSR count). The highest BCUT2D eigenvalue weighted by Crippen LogP contribution is 2.34. The Balaban J connectivity index is 1.78. The molecule has 0 fully saturated rings. The maximum atomic E-state index is 13.0. The Morgan fingerprint density at radius 2 is 1.69 bits per heavy atom. The van der Waals surface area contributed by atoms with Crippen LogP contribution in [0.5, 0.6) is 0 Å². The highest BCUT2D eigenvalue weighted by molar-refractivity contribution is 7.15. The molecule has 0 spiro atoms. The lowest BCUT2D eigenvalue weighted by Crippen LogP contribution is -2.26. The molecule has 0 aliphatic heterocycles. The number of carboxylic acid groups (broad SMARTS) is 1. The van der Waals surface area contributed by atoms with E-state index >= 15 is 0 Å². The predicted octanol–water partition coefficient (Wildman–Crippen LogP) is 7.56. The average molecular weight is 518 g/mol. The Kier molecular flexibility index (Phi) is 8.39. The fraction of sp³-hybridized carbons (Fsp3) is 0.393. The molecule has 8 heteroatoms. The number of halogens is 3. The third-order valence-corrected chi connectivity index (χ3v) is 7.39. The summed E-state index contributed by atoms with van der Waals surface area (Å²) in [6.07, 6.45) is -1.75. The van der Waals surface area contributed by atoms with Crippen molar-refractivity contribution in [2.75, 3.05) is 0 Å². The highest BCUT2D eigenvalue weighted by atomic mass is 32.1. The van der Waals surface area contributed by atoms with E-state index in [0.29, 0.717) is 29.0 Å². The van der Waals surface area contributed by atoms with Crippen LogP contribution in [-0.4, -0.2) is 21.8 Å². The number of rotatable bonds is 10. The Bertz CT molecular complexity index is 1240. The van der Waals surface area contributed by atoms with Gasteiger partial charge < -0.3 is 5.11 Å². The summed E-state index contributed by atoms with van der Waals surface area (Å²) in [5.74, 6) is -0.938.